The van der Waals surface area contributed by atoms with E-state index in [0.717, 1.165) is 23.5 Å². The number of ether oxygens (including phenoxy) is 1. The predicted octanol–water partition coefficient (Wildman–Crippen LogP) is 1.96. The molecule has 0 aliphatic carbocycles. The lowest BCUT2D eigenvalue weighted by molar-refractivity contribution is 0.131. The Labute approximate surface area is 96.7 Å². The van der Waals surface area contributed by atoms with Crippen LogP contribution in [0.15, 0.2) is 18.5 Å². The summed E-state index contributed by atoms with van der Waals surface area (Å²) in [6.07, 6.45) is 3.62. The van der Waals surface area contributed by atoms with Crippen LogP contribution in [-0.2, 0) is 11.3 Å². The van der Waals surface area contributed by atoms with Crippen molar-refractivity contribution in [2.45, 2.75) is 25.7 Å². The lowest BCUT2D eigenvalue weighted by Crippen LogP contribution is -2.06. The molecule has 2 aromatic rings. The highest BCUT2D eigenvalue weighted by Gasteiger charge is 2.01. The van der Waals surface area contributed by atoms with Gasteiger partial charge in [0, 0.05) is 21.6 Å². The predicted molar refractivity (Wildman–Crippen MR) is 67.2 cm³/mol. The molecular weight excluding hydrogens is 218 g/mol. The van der Waals surface area contributed by atoms with Crippen molar-refractivity contribution in [2.24, 2.45) is 0 Å². The van der Waals surface area contributed by atoms with Crippen LogP contribution < -0.4 is 0 Å². The van der Waals surface area contributed by atoms with Crippen LogP contribution in [0.2, 0.25) is 19.1 Å². The fraction of sp³-hybridized carbons (Fsp3) is 0.455. The van der Waals surface area contributed by atoms with Crippen molar-refractivity contribution < 1.29 is 4.74 Å². The Morgan fingerprint density at radius 3 is 3.12 bits per heavy atom. The minimum Gasteiger partial charge on any atom is -0.375 e. The minimum atomic E-state index is -0.492. The summed E-state index contributed by atoms with van der Waals surface area (Å²) in [5.41, 5.74) is 2.63. The summed E-state index contributed by atoms with van der Waals surface area (Å²) in [6, 6.07) is 3.15. The molecule has 2 rings (SSSR count). The van der Waals surface area contributed by atoms with Crippen LogP contribution in [0.4, 0.5) is 0 Å². The number of nitrogens with one attached hydrogen (secondary N) is 1. The number of aromatic amines is 1. The molecule has 0 atom stereocenters. The summed E-state index contributed by atoms with van der Waals surface area (Å²) in [7, 11) is -0.492. The van der Waals surface area contributed by atoms with Gasteiger partial charge in [-0.3, -0.25) is 0 Å². The van der Waals surface area contributed by atoms with Crippen molar-refractivity contribution in [3.05, 3.63) is 24.2 Å². The Morgan fingerprint density at radius 2 is 2.31 bits per heavy atom. The van der Waals surface area contributed by atoms with E-state index in [1.54, 1.807) is 6.20 Å². The van der Waals surface area contributed by atoms with Gasteiger partial charge in [0.15, 0.2) is 5.65 Å². The molecule has 4 nitrogen and oxygen atoms in total. The first-order valence-corrected chi connectivity index (χ1v) is 8.75. The van der Waals surface area contributed by atoms with E-state index in [0.29, 0.717) is 6.61 Å². The van der Waals surface area contributed by atoms with Gasteiger partial charge >= 0.3 is 0 Å². The number of aromatic nitrogens is 3. The molecule has 16 heavy (non-hydrogen) atoms. The number of hydrogen-bond acceptors (Lipinski definition) is 3. The third-order valence-electron chi connectivity index (χ3n) is 2.40. The monoisotopic (exact) mass is 235 g/mol. The Kier molecular flexibility index (Phi) is 3.69. The Bertz CT molecular complexity index is 455. The zero-order valence-electron chi connectivity index (χ0n) is 9.73. The summed E-state index contributed by atoms with van der Waals surface area (Å²) in [5.74, 6) is 0. The normalized spacial score (nSPS) is 11.4. The molecule has 0 aliphatic heterocycles. The van der Waals surface area contributed by atoms with Crippen molar-refractivity contribution >= 4 is 20.0 Å². The van der Waals surface area contributed by atoms with Crippen molar-refractivity contribution in [3.8, 4) is 0 Å². The third kappa shape index (κ3) is 2.90. The average molecular weight is 235 g/mol. The van der Waals surface area contributed by atoms with Gasteiger partial charge in [-0.25, -0.2) is 9.97 Å². The van der Waals surface area contributed by atoms with E-state index in [-0.39, 0.29) is 0 Å². The molecule has 0 spiro atoms. The fourth-order valence-corrected chi connectivity index (χ4v) is 2.07. The van der Waals surface area contributed by atoms with Gasteiger partial charge in [-0.1, -0.05) is 13.1 Å². The van der Waals surface area contributed by atoms with Gasteiger partial charge in [-0.2, -0.15) is 0 Å². The first-order valence-electron chi connectivity index (χ1n) is 5.62. The molecule has 2 aromatic heterocycles. The Morgan fingerprint density at radius 1 is 1.44 bits per heavy atom. The first-order chi connectivity index (χ1) is 7.75. The highest BCUT2D eigenvalue weighted by atomic mass is 28.3. The molecule has 5 heteroatoms. The number of hydrogen-bond donors (Lipinski definition) is 1. The summed E-state index contributed by atoms with van der Waals surface area (Å²) in [5, 5.41) is 0. The summed E-state index contributed by atoms with van der Waals surface area (Å²) in [6.45, 7) is 6.07. The first kappa shape index (κ1) is 11.3. The molecule has 0 bridgehead atoms. The molecule has 2 heterocycles. The molecule has 0 unspecified atom stereocenters. The third-order valence-corrected chi connectivity index (χ3v) is 3.79. The molecule has 0 fully saturated rings. The summed E-state index contributed by atoms with van der Waals surface area (Å²) in [4.78, 5) is 11.7. The van der Waals surface area contributed by atoms with Gasteiger partial charge < -0.3 is 9.72 Å². The topological polar surface area (TPSA) is 50.8 Å². The standard InChI is InChI=1S/C11H17N3OSi/c1-16(2)6-5-15-8-9-7-13-11-10(14-9)3-4-12-11/h3-4,7,16H,5-6,8H2,1-2H3,(H,12,13). The average Bonchev–Trinajstić information content (AvgIpc) is 2.71. The second-order valence-electron chi connectivity index (χ2n) is 4.31. The lowest BCUT2D eigenvalue weighted by atomic mass is 10.4. The van der Waals surface area contributed by atoms with E-state index in [1.165, 1.54) is 6.04 Å². The summed E-state index contributed by atoms with van der Waals surface area (Å²) >= 11 is 0. The molecule has 86 valence electrons. The maximum absolute atomic E-state index is 5.58. The van der Waals surface area contributed by atoms with Gasteiger partial charge in [0.1, 0.15) is 5.52 Å². The van der Waals surface area contributed by atoms with E-state index in [9.17, 15) is 0 Å². The van der Waals surface area contributed by atoms with Crippen molar-refractivity contribution in [1.29, 1.82) is 0 Å². The maximum atomic E-state index is 5.58. The Hall–Kier alpha value is -1.20. The Balaban J connectivity index is 1.89. The van der Waals surface area contributed by atoms with Crippen molar-refractivity contribution in [1.82, 2.24) is 15.0 Å². The van der Waals surface area contributed by atoms with E-state index < -0.39 is 8.80 Å². The zero-order chi connectivity index (χ0) is 11.4. The van der Waals surface area contributed by atoms with Gasteiger partial charge in [-0.05, 0) is 12.1 Å². The van der Waals surface area contributed by atoms with Gasteiger partial charge in [-0.15, -0.1) is 0 Å². The van der Waals surface area contributed by atoms with Crippen molar-refractivity contribution in [3.63, 3.8) is 0 Å². The molecule has 0 saturated carbocycles. The molecule has 0 amide bonds. The van der Waals surface area contributed by atoms with E-state index in [2.05, 4.69) is 28.0 Å². The van der Waals surface area contributed by atoms with Crippen LogP contribution in [0.25, 0.3) is 11.2 Å². The van der Waals surface area contributed by atoms with E-state index >= 15 is 0 Å². The zero-order valence-corrected chi connectivity index (χ0v) is 10.9. The number of fused-ring (bicyclic) bond motifs is 1. The number of nitrogens with zero attached hydrogens (tertiary/aromatic N) is 2. The van der Waals surface area contributed by atoms with Crippen LogP contribution >= 0.6 is 0 Å². The van der Waals surface area contributed by atoms with E-state index in [4.69, 9.17) is 4.74 Å². The molecule has 1 N–H and O–H groups in total. The molecule has 0 aliphatic rings. The van der Waals surface area contributed by atoms with Crippen LogP contribution in [-0.4, -0.2) is 30.4 Å². The van der Waals surface area contributed by atoms with Crippen LogP contribution in [0, 0.1) is 0 Å². The van der Waals surface area contributed by atoms with Crippen LogP contribution in [0.5, 0.6) is 0 Å². The highest BCUT2D eigenvalue weighted by molar-refractivity contribution is 6.55. The quantitative estimate of drug-likeness (QED) is 0.636. The SMILES string of the molecule is C[SiH](C)CCOCc1cnc2[nH]ccc2n1. The smallest absolute Gasteiger partial charge is 0.156 e. The minimum absolute atomic E-state index is 0.492. The molecule has 0 aromatic carbocycles. The van der Waals surface area contributed by atoms with Crippen LogP contribution in [0.1, 0.15) is 5.69 Å². The maximum Gasteiger partial charge on any atom is 0.156 e. The lowest BCUT2D eigenvalue weighted by Gasteiger charge is -2.04. The fourth-order valence-electron chi connectivity index (χ4n) is 1.43. The second kappa shape index (κ2) is 5.22. The highest BCUT2D eigenvalue weighted by Crippen LogP contribution is 2.07. The number of H-pyrrole nitrogens is 1. The van der Waals surface area contributed by atoms with Gasteiger partial charge in [0.25, 0.3) is 0 Å². The summed E-state index contributed by atoms with van der Waals surface area (Å²) < 4.78 is 5.58. The van der Waals surface area contributed by atoms with Gasteiger partial charge in [0.2, 0.25) is 0 Å². The molecular formula is C11H17N3OSi. The van der Waals surface area contributed by atoms with E-state index in [1.807, 2.05) is 12.3 Å². The second-order valence-corrected chi connectivity index (χ2v) is 7.67. The van der Waals surface area contributed by atoms with Crippen molar-refractivity contribution in [2.75, 3.05) is 6.61 Å². The molecule has 0 radical (unpaired) electrons. The number of rotatable bonds is 5. The van der Waals surface area contributed by atoms with Crippen LogP contribution in [0.3, 0.4) is 0 Å². The largest absolute Gasteiger partial charge is 0.375 e. The van der Waals surface area contributed by atoms with Gasteiger partial charge in [0.05, 0.1) is 18.5 Å². The molecule has 0 saturated heterocycles.